The smallest absolute Gasteiger partial charge is 0.254 e. The summed E-state index contributed by atoms with van der Waals surface area (Å²) in [4.78, 5) is 14.0. The van der Waals surface area contributed by atoms with E-state index in [2.05, 4.69) is 0 Å². The molecule has 2 N–H and O–H groups in total. The van der Waals surface area contributed by atoms with Crippen LogP contribution in [0.15, 0.2) is 24.3 Å². The summed E-state index contributed by atoms with van der Waals surface area (Å²) in [5, 5.41) is 0. The van der Waals surface area contributed by atoms with Gasteiger partial charge in [0.2, 0.25) is 0 Å². The largest absolute Gasteiger partial charge is 0.399 e. The number of nitrogens with zero attached hydrogens (tertiary/aromatic N) is 1. The number of hydrogen-bond donors (Lipinski definition) is 1. The lowest BCUT2D eigenvalue weighted by Crippen LogP contribution is -2.44. The Bertz CT molecular complexity index is 444. The minimum atomic E-state index is -0.498. The molecule has 1 saturated heterocycles. The average molecular weight is 264 g/mol. The van der Waals surface area contributed by atoms with Gasteiger partial charge in [0.05, 0.1) is 25.9 Å². The quantitative estimate of drug-likeness (QED) is 0.833. The molecule has 0 aliphatic carbocycles. The lowest BCUT2D eigenvalue weighted by atomic mass is 10.1. The first kappa shape index (κ1) is 13.8. The van der Waals surface area contributed by atoms with Crippen molar-refractivity contribution in [2.75, 3.05) is 32.6 Å². The predicted molar refractivity (Wildman–Crippen MR) is 72.6 cm³/mol. The highest BCUT2D eigenvalue weighted by atomic mass is 16.6. The van der Waals surface area contributed by atoms with E-state index in [-0.39, 0.29) is 11.9 Å². The first-order chi connectivity index (χ1) is 9.09. The van der Waals surface area contributed by atoms with Crippen molar-refractivity contribution in [3.05, 3.63) is 29.8 Å². The van der Waals surface area contributed by atoms with Crippen LogP contribution in [0.5, 0.6) is 0 Å². The number of benzene rings is 1. The molecule has 5 nitrogen and oxygen atoms in total. The standard InChI is InChI=1S/C14H20N2O3/c1-10(11-4-3-5-12(15)8-11)16(2)14(17)13-9-18-6-7-19-13/h3-5,8,10,13H,6-7,9,15H2,1-2H3. The van der Waals surface area contributed by atoms with E-state index in [1.807, 2.05) is 31.2 Å². The molecule has 1 aromatic rings. The minimum Gasteiger partial charge on any atom is -0.399 e. The van der Waals surface area contributed by atoms with Crippen molar-refractivity contribution >= 4 is 11.6 Å². The number of rotatable bonds is 3. The summed E-state index contributed by atoms with van der Waals surface area (Å²) < 4.78 is 10.7. The lowest BCUT2D eigenvalue weighted by Gasteiger charge is -2.31. The van der Waals surface area contributed by atoms with Crippen LogP contribution in [-0.2, 0) is 14.3 Å². The predicted octanol–water partition coefficient (Wildman–Crippen LogP) is 1.20. The highest BCUT2D eigenvalue weighted by molar-refractivity contribution is 5.81. The summed E-state index contributed by atoms with van der Waals surface area (Å²) >= 11 is 0. The normalized spacial score (nSPS) is 20.8. The molecule has 0 aromatic heterocycles. The second-order valence-corrected chi connectivity index (χ2v) is 4.73. The number of amides is 1. The zero-order valence-electron chi connectivity index (χ0n) is 11.3. The monoisotopic (exact) mass is 264 g/mol. The number of ether oxygens (including phenoxy) is 2. The summed E-state index contributed by atoms with van der Waals surface area (Å²) in [5.41, 5.74) is 7.47. The van der Waals surface area contributed by atoms with Gasteiger partial charge in [0, 0.05) is 12.7 Å². The van der Waals surface area contributed by atoms with Crippen molar-refractivity contribution in [3.8, 4) is 0 Å². The Kier molecular flexibility index (Phi) is 4.39. The first-order valence-corrected chi connectivity index (χ1v) is 6.41. The number of carbonyl (C=O) groups excluding carboxylic acids is 1. The zero-order chi connectivity index (χ0) is 13.8. The molecule has 1 fully saturated rings. The van der Waals surface area contributed by atoms with E-state index in [1.54, 1.807) is 11.9 Å². The van der Waals surface area contributed by atoms with E-state index in [4.69, 9.17) is 15.2 Å². The fourth-order valence-corrected chi connectivity index (χ4v) is 2.09. The molecule has 1 aromatic carbocycles. The van der Waals surface area contributed by atoms with Gasteiger partial charge in [0.25, 0.3) is 5.91 Å². The fourth-order valence-electron chi connectivity index (χ4n) is 2.09. The van der Waals surface area contributed by atoms with Gasteiger partial charge in [0.1, 0.15) is 0 Å². The van der Waals surface area contributed by atoms with Crippen LogP contribution in [0.3, 0.4) is 0 Å². The molecule has 2 rings (SSSR count). The number of likely N-dealkylation sites (N-methyl/N-ethyl adjacent to an activating group) is 1. The van der Waals surface area contributed by atoms with Crippen LogP contribution in [-0.4, -0.2) is 43.8 Å². The Morgan fingerprint density at radius 1 is 1.47 bits per heavy atom. The molecule has 1 aliphatic rings. The third kappa shape index (κ3) is 3.24. The lowest BCUT2D eigenvalue weighted by molar-refractivity contribution is -0.158. The second kappa shape index (κ2) is 6.04. The van der Waals surface area contributed by atoms with Crippen molar-refractivity contribution in [2.45, 2.75) is 19.1 Å². The van der Waals surface area contributed by atoms with Gasteiger partial charge < -0.3 is 20.1 Å². The maximum Gasteiger partial charge on any atom is 0.254 e. The molecule has 0 spiro atoms. The Labute approximate surface area is 113 Å². The number of nitrogen functional groups attached to an aromatic ring is 1. The summed E-state index contributed by atoms with van der Waals surface area (Å²) in [7, 11) is 1.77. The van der Waals surface area contributed by atoms with E-state index in [1.165, 1.54) is 0 Å². The molecule has 1 aliphatic heterocycles. The van der Waals surface area contributed by atoms with Gasteiger partial charge in [-0.3, -0.25) is 4.79 Å². The molecule has 19 heavy (non-hydrogen) atoms. The van der Waals surface area contributed by atoms with E-state index < -0.39 is 6.10 Å². The Morgan fingerprint density at radius 3 is 2.89 bits per heavy atom. The van der Waals surface area contributed by atoms with E-state index in [0.717, 1.165) is 5.56 Å². The molecule has 0 bridgehead atoms. The van der Waals surface area contributed by atoms with E-state index in [9.17, 15) is 4.79 Å². The summed E-state index contributed by atoms with van der Waals surface area (Å²) in [6, 6.07) is 7.51. The minimum absolute atomic E-state index is 0.0541. The van der Waals surface area contributed by atoms with Crippen molar-refractivity contribution in [1.29, 1.82) is 0 Å². The van der Waals surface area contributed by atoms with Crippen molar-refractivity contribution < 1.29 is 14.3 Å². The zero-order valence-corrected chi connectivity index (χ0v) is 11.3. The maximum atomic E-state index is 12.3. The molecule has 1 heterocycles. The molecule has 2 unspecified atom stereocenters. The van der Waals surface area contributed by atoms with Crippen LogP contribution in [0.1, 0.15) is 18.5 Å². The SMILES string of the molecule is CC(c1cccc(N)c1)N(C)C(=O)C1COCCO1. The first-order valence-electron chi connectivity index (χ1n) is 6.41. The number of carbonyl (C=O) groups is 1. The highest BCUT2D eigenvalue weighted by Gasteiger charge is 2.28. The third-order valence-corrected chi connectivity index (χ3v) is 3.41. The summed E-state index contributed by atoms with van der Waals surface area (Å²) in [6.45, 7) is 3.32. The summed E-state index contributed by atoms with van der Waals surface area (Å²) in [6.07, 6.45) is -0.498. The van der Waals surface area contributed by atoms with Gasteiger partial charge in [-0.25, -0.2) is 0 Å². The maximum absolute atomic E-state index is 12.3. The number of nitrogens with two attached hydrogens (primary N) is 1. The van der Waals surface area contributed by atoms with E-state index in [0.29, 0.717) is 25.5 Å². The summed E-state index contributed by atoms with van der Waals surface area (Å²) in [5.74, 6) is -0.0605. The molecule has 1 amide bonds. The van der Waals surface area contributed by atoms with Gasteiger partial charge in [-0.2, -0.15) is 0 Å². The Balaban J connectivity index is 2.05. The highest BCUT2D eigenvalue weighted by Crippen LogP contribution is 2.22. The van der Waals surface area contributed by atoms with Crippen molar-refractivity contribution in [1.82, 2.24) is 4.90 Å². The topological polar surface area (TPSA) is 64.8 Å². The van der Waals surface area contributed by atoms with Crippen LogP contribution in [0.2, 0.25) is 0 Å². The van der Waals surface area contributed by atoms with Gasteiger partial charge in [0.15, 0.2) is 6.10 Å². The van der Waals surface area contributed by atoms with Crippen LogP contribution in [0.25, 0.3) is 0 Å². The Hall–Kier alpha value is -1.59. The fraction of sp³-hybridized carbons (Fsp3) is 0.500. The molecule has 0 saturated carbocycles. The van der Waals surface area contributed by atoms with Crippen LogP contribution in [0, 0.1) is 0 Å². The molecule has 2 atom stereocenters. The van der Waals surface area contributed by atoms with E-state index >= 15 is 0 Å². The molecular weight excluding hydrogens is 244 g/mol. The average Bonchev–Trinajstić information content (AvgIpc) is 2.46. The van der Waals surface area contributed by atoms with Crippen LogP contribution < -0.4 is 5.73 Å². The third-order valence-electron chi connectivity index (χ3n) is 3.41. The van der Waals surface area contributed by atoms with Gasteiger partial charge in [-0.05, 0) is 24.6 Å². The second-order valence-electron chi connectivity index (χ2n) is 4.73. The van der Waals surface area contributed by atoms with Crippen LogP contribution >= 0.6 is 0 Å². The van der Waals surface area contributed by atoms with Crippen LogP contribution in [0.4, 0.5) is 5.69 Å². The molecule has 104 valence electrons. The van der Waals surface area contributed by atoms with Gasteiger partial charge >= 0.3 is 0 Å². The Morgan fingerprint density at radius 2 is 2.26 bits per heavy atom. The number of anilines is 1. The van der Waals surface area contributed by atoms with Gasteiger partial charge in [-0.1, -0.05) is 12.1 Å². The molecule has 5 heteroatoms. The number of hydrogen-bond acceptors (Lipinski definition) is 4. The molecular formula is C14H20N2O3. The van der Waals surface area contributed by atoms with Gasteiger partial charge in [-0.15, -0.1) is 0 Å². The molecule has 0 radical (unpaired) electrons. The van der Waals surface area contributed by atoms with Crippen molar-refractivity contribution in [2.24, 2.45) is 0 Å². The van der Waals surface area contributed by atoms with Crippen molar-refractivity contribution in [3.63, 3.8) is 0 Å².